The van der Waals surface area contributed by atoms with Crippen LogP contribution in [0.25, 0.3) is 0 Å². The molecule has 0 spiro atoms. The van der Waals surface area contributed by atoms with Crippen molar-refractivity contribution in [2.75, 3.05) is 0 Å². The summed E-state index contributed by atoms with van der Waals surface area (Å²) in [5.74, 6) is -1.32. The number of hydrogen-bond donors (Lipinski definition) is 3. The van der Waals surface area contributed by atoms with E-state index in [-0.39, 0.29) is 5.91 Å². The third-order valence-corrected chi connectivity index (χ3v) is 6.01. The lowest BCUT2D eigenvalue weighted by Gasteiger charge is -2.39. The van der Waals surface area contributed by atoms with Crippen molar-refractivity contribution in [1.29, 1.82) is 0 Å². The number of alkyl carbamates (subject to hydrolysis) is 1. The Morgan fingerprint density at radius 2 is 1.51 bits per heavy atom. The summed E-state index contributed by atoms with van der Waals surface area (Å²) in [4.78, 5) is 54.2. The standard InChI is InChI=1S/C30H50N4O5/c1-11-21-14-16-22(17-15-21)25(26(36)33-29(5,6)7)34(20(4)13-12-19(2)3)27(37)23(18-24(31)35)32-28(38)39-30(8,9)10/h14-17,19-20,23,25H,11-13,18H2,1-10H3,(H2,31,35)(H,32,38)(H,33,36). The summed E-state index contributed by atoms with van der Waals surface area (Å²) in [6.45, 7) is 18.8. The molecule has 1 rings (SSSR count). The molecule has 9 heteroatoms. The average Bonchev–Trinajstić information content (AvgIpc) is 2.77. The molecule has 0 heterocycles. The first kappa shape index (κ1) is 33.9. The molecule has 0 aliphatic carbocycles. The molecule has 0 aliphatic rings. The van der Waals surface area contributed by atoms with Crippen LogP contribution in [0.1, 0.15) is 106 Å². The molecule has 1 aromatic rings. The Labute approximate surface area is 234 Å². The fourth-order valence-corrected chi connectivity index (χ4v) is 4.16. The summed E-state index contributed by atoms with van der Waals surface area (Å²) in [6, 6.07) is 4.88. The van der Waals surface area contributed by atoms with Crippen molar-refractivity contribution >= 4 is 23.8 Å². The molecule has 0 radical (unpaired) electrons. The van der Waals surface area contributed by atoms with Crippen molar-refractivity contribution in [3.8, 4) is 0 Å². The Hall–Kier alpha value is -3.10. The van der Waals surface area contributed by atoms with E-state index in [0.717, 1.165) is 18.4 Å². The number of nitrogens with two attached hydrogens (primary N) is 1. The third kappa shape index (κ3) is 12.1. The molecule has 3 unspecified atom stereocenters. The van der Waals surface area contributed by atoms with Gasteiger partial charge in [-0.3, -0.25) is 14.4 Å². The van der Waals surface area contributed by atoms with Crippen molar-refractivity contribution in [2.24, 2.45) is 11.7 Å². The largest absolute Gasteiger partial charge is 0.444 e. The molecule has 0 fully saturated rings. The number of nitrogens with one attached hydrogen (secondary N) is 2. The molecule has 1 aromatic carbocycles. The van der Waals surface area contributed by atoms with Crippen molar-refractivity contribution in [2.45, 2.75) is 124 Å². The molecule has 0 saturated carbocycles. The van der Waals surface area contributed by atoms with Crippen molar-refractivity contribution in [3.63, 3.8) is 0 Å². The van der Waals surface area contributed by atoms with Crippen LogP contribution in [-0.2, 0) is 25.5 Å². The monoisotopic (exact) mass is 546 g/mol. The molecule has 0 bridgehead atoms. The molecule has 3 atom stereocenters. The molecule has 39 heavy (non-hydrogen) atoms. The second kappa shape index (κ2) is 14.3. The Morgan fingerprint density at radius 3 is 1.95 bits per heavy atom. The Balaban J connectivity index is 3.68. The maximum Gasteiger partial charge on any atom is 0.408 e. The van der Waals surface area contributed by atoms with Crippen molar-refractivity contribution in [3.05, 3.63) is 35.4 Å². The number of primary amides is 1. The zero-order valence-corrected chi connectivity index (χ0v) is 25.5. The highest BCUT2D eigenvalue weighted by atomic mass is 16.6. The van der Waals surface area contributed by atoms with Gasteiger partial charge in [0.25, 0.3) is 0 Å². The van der Waals surface area contributed by atoms with Gasteiger partial charge in [0.1, 0.15) is 17.7 Å². The van der Waals surface area contributed by atoms with E-state index in [2.05, 4.69) is 24.5 Å². The van der Waals surface area contributed by atoms with Crippen LogP contribution in [0.4, 0.5) is 4.79 Å². The minimum Gasteiger partial charge on any atom is -0.444 e. The van der Waals surface area contributed by atoms with Gasteiger partial charge in [-0.25, -0.2) is 4.79 Å². The second-order valence-corrected chi connectivity index (χ2v) is 12.7. The SMILES string of the molecule is CCc1ccc(C(C(=O)NC(C)(C)C)N(C(=O)C(CC(N)=O)NC(=O)OC(C)(C)C)C(C)CCC(C)C)cc1. The predicted molar refractivity (Wildman–Crippen MR) is 154 cm³/mol. The van der Waals surface area contributed by atoms with Crippen LogP contribution in [0.2, 0.25) is 0 Å². The minimum atomic E-state index is -1.31. The summed E-state index contributed by atoms with van der Waals surface area (Å²) in [6.07, 6.45) is 0.972. The molecule has 9 nitrogen and oxygen atoms in total. The van der Waals surface area contributed by atoms with Gasteiger partial charge in [-0.15, -0.1) is 0 Å². The van der Waals surface area contributed by atoms with E-state index >= 15 is 0 Å². The lowest BCUT2D eigenvalue weighted by molar-refractivity contribution is -0.146. The highest BCUT2D eigenvalue weighted by Crippen LogP contribution is 2.29. The van der Waals surface area contributed by atoms with Crippen LogP contribution >= 0.6 is 0 Å². The van der Waals surface area contributed by atoms with Gasteiger partial charge in [-0.05, 0) is 84.8 Å². The molecule has 0 aromatic heterocycles. The van der Waals surface area contributed by atoms with Crippen LogP contribution in [0.15, 0.2) is 24.3 Å². The van der Waals surface area contributed by atoms with Crippen LogP contribution in [0.5, 0.6) is 0 Å². The number of hydrogen-bond acceptors (Lipinski definition) is 5. The summed E-state index contributed by atoms with van der Waals surface area (Å²) in [5, 5.41) is 5.55. The zero-order valence-electron chi connectivity index (χ0n) is 25.5. The van der Waals surface area contributed by atoms with Crippen LogP contribution in [0, 0.1) is 5.92 Å². The fourth-order valence-electron chi connectivity index (χ4n) is 4.16. The smallest absolute Gasteiger partial charge is 0.408 e. The summed E-state index contributed by atoms with van der Waals surface area (Å²) >= 11 is 0. The number of benzene rings is 1. The van der Waals surface area contributed by atoms with Gasteiger partial charge in [0.05, 0.1) is 6.42 Å². The Bertz CT molecular complexity index is 977. The molecule has 0 saturated heterocycles. The first-order valence-corrected chi connectivity index (χ1v) is 13.9. The molecule has 4 amide bonds. The topological polar surface area (TPSA) is 131 Å². The average molecular weight is 547 g/mol. The number of rotatable bonds is 12. The number of carbonyl (C=O) groups is 4. The summed E-state index contributed by atoms with van der Waals surface area (Å²) < 4.78 is 5.35. The second-order valence-electron chi connectivity index (χ2n) is 12.7. The minimum absolute atomic E-state index is 0.355. The Morgan fingerprint density at radius 1 is 0.949 bits per heavy atom. The van der Waals surface area contributed by atoms with Crippen molar-refractivity contribution < 1.29 is 23.9 Å². The maximum atomic E-state index is 14.2. The lowest BCUT2D eigenvalue weighted by atomic mass is 9.95. The van der Waals surface area contributed by atoms with Gasteiger partial charge in [0, 0.05) is 11.6 Å². The summed E-state index contributed by atoms with van der Waals surface area (Å²) in [7, 11) is 0. The molecule has 0 aliphatic heterocycles. The van der Waals surface area contributed by atoms with Gasteiger partial charge in [-0.2, -0.15) is 0 Å². The van der Waals surface area contributed by atoms with Gasteiger partial charge >= 0.3 is 6.09 Å². The van der Waals surface area contributed by atoms with Crippen LogP contribution in [-0.4, -0.2) is 51.9 Å². The Kier molecular flexibility index (Phi) is 12.5. The normalized spacial score (nSPS) is 14.2. The van der Waals surface area contributed by atoms with Gasteiger partial charge in [-0.1, -0.05) is 45.0 Å². The van der Waals surface area contributed by atoms with Gasteiger partial charge in [0.2, 0.25) is 17.7 Å². The molecular formula is C30H50N4O5. The van der Waals surface area contributed by atoms with Gasteiger partial charge < -0.3 is 26.0 Å². The first-order chi connectivity index (χ1) is 17.8. The number of ether oxygens (including phenoxy) is 1. The number of amides is 4. The van der Waals surface area contributed by atoms with Crippen LogP contribution in [0.3, 0.4) is 0 Å². The fraction of sp³-hybridized carbons (Fsp3) is 0.667. The molecule has 4 N–H and O–H groups in total. The van der Waals surface area contributed by atoms with E-state index in [1.54, 1.807) is 20.8 Å². The lowest BCUT2D eigenvalue weighted by Crippen LogP contribution is -2.57. The van der Waals surface area contributed by atoms with E-state index in [0.29, 0.717) is 17.9 Å². The number of aryl methyl sites for hydroxylation is 1. The highest BCUT2D eigenvalue weighted by Gasteiger charge is 2.40. The quantitative estimate of drug-likeness (QED) is 0.352. The molecule has 220 valence electrons. The van der Waals surface area contributed by atoms with E-state index in [1.165, 1.54) is 4.90 Å². The molecular weight excluding hydrogens is 496 g/mol. The number of nitrogens with zero attached hydrogens (tertiary/aromatic N) is 1. The maximum absolute atomic E-state index is 14.2. The first-order valence-electron chi connectivity index (χ1n) is 13.9. The third-order valence-electron chi connectivity index (χ3n) is 6.01. The predicted octanol–water partition coefficient (Wildman–Crippen LogP) is 4.63. The van der Waals surface area contributed by atoms with E-state index in [4.69, 9.17) is 10.5 Å². The van der Waals surface area contributed by atoms with Gasteiger partial charge in [0.15, 0.2) is 0 Å². The summed E-state index contributed by atoms with van der Waals surface area (Å²) in [5.41, 5.74) is 5.84. The van der Waals surface area contributed by atoms with E-state index < -0.39 is 53.6 Å². The zero-order chi connectivity index (χ0) is 30.1. The number of carbonyl (C=O) groups excluding carboxylic acids is 4. The van der Waals surface area contributed by atoms with Crippen LogP contribution < -0.4 is 16.4 Å². The van der Waals surface area contributed by atoms with Crippen molar-refractivity contribution in [1.82, 2.24) is 15.5 Å². The van der Waals surface area contributed by atoms with E-state index in [1.807, 2.05) is 58.9 Å². The highest BCUT2D eigenvalue weighted by molar-refractivity contribution is 5.94. The van der Waals surface area contributed by atoms with E-state index in [9.17, 15) is 19.2 Å².